The first-order chi connectivity index (χ1) is 8.38. The molecule has 0 saturated carbocycles. The van der Waals surface area contributed by atoms with Crippen LogP contribution in [0.25, 0.3) is 0 Å². The molecule has 1 aliphatic rings. The number of hydrogen-bond donors (Lipinski definition) is 1. The van der Waals surface area contributed by atoms with Crippen LogP contribution < -0.4 is 5.32 Å². The van der Waals surface area contributed by atoms with Gasteiger partial charge in [-0.2, -0.15) is 0 Å². The van der Waals surface area contributed by atoms with Gasteiger partial charge in [-0.05, 0) is 44.5 Å². The van der Waals surface area contributed by atoms with E-state index in [0.717, 1.165) is 13.1 Å². The van der Waals surface area contributed by atoms with Crippen molar-refractivity contribution in [1.29, 1.82) is 0 Å². The summed E-state index contributed by atoms with van der Waals surface area (Å²) >= 11 is 0. The molecule has 94 valence electrons. The van der Waals surface area contributed by atoms with Crippen LogP contribution in [0.15, 0.2) is 24.4 Å². The van der Waals surface area contributed by atoms with E-state index < -0.39 is 0 Å². The average Bonchev–Trinajstić information content (AvgIpc) is 2.35. The standard InChI is InChI=1S/C14H23N3/c1-2-13-7-11-17(10-5-9-15-13)12-14-6-3-4-8-16-14/h3-4,6,8,13,15H,2,5,7,9-12H2,1H3. The molecule has 1 saturated heterocycles. The molecule has 0 aliphatic carbocycles. The summed E-state index contributed by atoms with van der Waals surface area (Å²) in [6.45, 7) is 6.78. The maximum atomic E-state index is 4.41. The zero-order valence-corrected chi connectivity index (χ0v) is 10.7. The lowest BCUT2D eigenvalue weighted by Crippen LogP contribution is -2.39. The summed E-state index contributed by atoms with van der Waals surface area (Å²) in [6.07, 6.45) is 5.61. The fraction of sp³-hybridized carbons (Fsp3) is 0.643. The maximum absolute atomic E-state index is 4.41. The maximum Gasteiger partial charge on any atom is 0.0543 e. The fourth-order valence-electron chi connectivity index (χ4n) is 2.39. The van der Waals surface area contributed by atoms with Gasteiger partial charge < -0.3 is 5.32 Å². The van der Waals surface area contributed by atoms with Crippen LogP contribution in [0.5, 0.6) is 0 Å². The Balaban J connectivity index is 1.87. The molecule has 0 aromatic carbocycles. The first kappa shape index (κ1) is 12.5. The van der Waals surface area contributed by atoms with E-state index in [4.69, 9.17) is 0 Å². The molecule has 2 heterocycles. The van der Waals surface area contributed by atoms with Gasteiger partial charge in [-0.15, -0.1) is 0 Å². The second-order valence-electron chi connectivity index (χ2n) is 4.80. The van der Waals surface area contributed by atoms with Crippen LogP contribution >= 0.6 is 0 Å². The van der Waals surface area contributed by atoms with Crippen molar-refractivity contribution in [1.82, 2.24) is 15.2 Å². The van der Waals surface area contributed by atoms with Crippen molar-refractivity contribution < 1.29 is 0 Å². The molecule has 1 fully saturated rings. The number of hydrogen-bond acceptors (Lipinski definition) is 3. The van der Waals surface area contributed by atoms with Crippen LogP contribution in [0.2, 0.25) is 0 Å². The molecule has 1 atom stereocenters. The molecule has 1 aromatic heterocycles. The second-order valence-corrected chi connectivity index (χ2v) is 4.80. The highest BCUT2D eigenvalue weighted by Crippen LogP contribution is 2.08. The van der Waals surface area contributed by atoms with E-state index in [1.54, 1.807) is 0 Å². The van der Waals surface area contributed by atoms with Gasteiger partial charge in [0.25, 0.3) is 0 Å². The Labute approximate surface area is 104 Å². The topological polar surface area (TPSA) is 28.2 Å². The highest BCUT2D eigenvalue weighted by molar-refractivity contribution is 5.03. The Kier molecular flexibility index (Phi) is 4.95. The van der Waals surface area contributed by atoms with Gasteiger partial charge in [0.2, 0.25) is 0 Å². The first-order valence-corrected chi connectivity index (χ1v) is 6.74. The fourth-order valence-corrected chi connectivity index (χ4v) is 2.39. The van der Waals surface area contributed by atoms with Crippen LogP contribution in [-0.2, 0) is 6.54 Å². The summed E-state index contributed by atoms with van der Waals surface area (Å²) in [5.41, 5.74) is 1.19. The van der Waals surface area contributed by atoms with E-state index in [2.05, 4.69) is 34.3 Å². The van der Waals surface area contributed by atoms with E-state index in [9.17, 15) is 0 Å². The summed E-state index contributed by atoms with van der Waals surface area (Å²) in [6, 6.07) is 6.87. The monoisotopic (exact) mass is 233 g/mol. The van der Waals surface area contributed by atoms with Crippen molar-refractivity contribution in [2.24, 2.45) is 0 Å². The van der Waals surface area contributed by atoms with E-state index in [1.807, 2.05) is 12.3 Å². The Morgan fingerprint density at radius 2 is 2.35 bits per heavy atom. The minimum atomic E-state index is 0.696. The molecule has 1 aliphatic heterocycles. The number of nitrogens with one attached hydrogen (secondary N) is 1. The lowest BCUT2D eigenvalue weighted by atomic mass is 10.1. The third-order valence-electron chi connectivity index (χ3n) is 3.48. The van der Waals surface area contributed by atoms with E-state index in [0.29, 0.717) is 6.04 Å². The summed E-state index contributed by atoms with van der Waals surface area (Å²) in [5.74, 6) is 0. The molecular formula is C14H23N3. The highest BCUT2D eigenvalue weighted by atomic mass is 15.1. The minimum Gasteiger partial charge on any atom is -0.314 e. The van der Waals surface area contributed by atoms with Crippen molar-refractivity contribution in [3.63, 3.8) is 0 Å². The molecule has 2 rings (SSSR count). The average molecular weight is 233 g/mol. The SMILES string of the molecule is CCC1CCN(Cc2ccccn2)CCCN1. The molecule has 1 unspecified atom stereocenters. The summed E-state index contributed by atoms with van der Waals surface area (Å²) < 4.78 is 0. The predicted molar refractivity (Wildman–Crippen MR) is 70.8 cm³/mol. The number of rotatable bonds is 3. The third kappa shape index (κ3) is 4.10. The number of pyridine rings is 1. The second kappa shape index (κ2) is 6.72. The Bertz CT molecular complexity index is 313. The van der Waals surface area contributed by atoms with Crippen LogP contribution in [0.4, 0.5) is 0 Å². The van der Waals surface area contributed by atoms with Crippen molar-refractivity contribution >= 4 is 0 Å². The lowest BCUT2D eigenvalue weighted by molar-refractivity contribution is 0.222. The molecule has 0 spiro atoms. The Morgan fingerprint density at radius 3 is 3.12 bits per heavy atom. The first-order valence-electron chi connectivity index (χ1n) is 6.74. The van der Waals surface area contributed by atoms with E-state index >= 15 is 0 Å². The van der Waals surface area contributed by atoms with Crippen molar-refractivity contribution in [2.45, 2.75) is 38.8 Å². The van der Waals surface area contributed by atoms with Gasteiger partial charge in [0, 0.05) is 25.3 Å². The zero-order chi connectivity index (χ0) is 11.9. The van der Waals surface area contributed by atoms with Gasteiger partial charge in [0.15, 0.2) is 0 Å². The molecule has 1 N–H and O–H groups in total. The van der Waals surface area contributed by atoms with Gasteiger partial charge in [-0.3, -0.25) is 9.88 Å². The van der Waals surface area contributed by atoms with Gasteiger partial charge in [0.05, 0.1) is 5.69 Å². The van der Waals surface area contributed by atoms with Gasteiger partial charge in [0.1, 0.15) is 0 Å². The van der Waals surface area contributed by atoms with E-state index in [1.165, 1.54) is 38.0 Å². The minimum absolute atomic E-state index is 0.696. The van der Waals surface area contributed by atoms with Crippen LogP contribution in [0.1, 0.15) is 31.9 Å². The van der Waals surface area contributed by atoms with Crippen LogP contribution in [0.3, 0.4) is 0 Å². The van der Waals surface area contributed by atoms with Crippen LogP contribution in [-0.4, -0.2) is 35.6 Å². The molecule has 0 amide bonds. The third-order valence-corrected chi connectivity index (χ3v) is 3.48. The smallest absolute Gasteiger partial charge is 0.0543 e. The number of nitrogens with zero attached hydrogens (tertiary/aromatic N) is 2. The largest absolute Gasteiger partial charge is 0.314 e. The molecule has 17 heavy (non-hydrogen) atoms. The van der Waals surface area contributed by atoms with E-state index in [-0.39, 0.29) is 0 Å². The molecule has 1 aromatic rings. The van der Waals surface area contributed by atoms with Gasteiger partial charge >= 0.3 is 0 Å². The molecule has 0 bridgehead atoms. The molecule has 0 radical (unpaired) electrons. The van der Waals surface area contributed by atoms with Crippen molar-refractivity contribution in [3.8, 4) is 0 Å². The van der Waals surface area contributed by atoms with Gasteiger partial charge in [-0.1, -0.05) is 13.0 Å². The summed E-state index contributed by atoms with van der Waals surface area (Å²) in [7, 11) is 0. The van der Waals surface area contributed by atoms with Gasteiger partial charge in [-0.25, -0.2) is 0 Å². The molecular weight excluding hydrogens is 210 g/mol. The Hall–Kier alpha value is -0.930. The van der Waals surface area contributed by atoms with Crippen molar-refractivity contribution in [3.05, 3.63) is 30.1 Å². The zero-order valence-electron chi connectivity index (χ0n) is 10.7. The molecule has 3 heteroatoms. The van der Waals surface area contributed by atoms with Crippen LogP contribution in [0, 0.1) is 0 Å². The highest BCUT2D eigenvalue weighted by Gasteiger charge is 2.13. The summed E-state index contributed by atoms with van der Waals surface area (Å²) in [5, 5.41) is 3.61. The number of aromatic nitrogens is 1. The predicted octanol–water partition coefficient (Wildman–Crippen LogP) is 2.05. The Morgan fingerprint density at radius 1 is 1.41 bits per heavy atom. The quantitative estimate of drug-likeness (QED) is 0.866. The lowest BCUT2D eigenvalue weighted by Gasteiger charge is -2.28. The van der Waals surface area contributed by atoms with Crippen molar-refractivity contribution in [2.75, 3.05) is 19.6 Å². The normalized spacial score (nSPS) is 23.0. The summed E-state index contributed by atoms with van der Waals surface area (Å²) in [4.78, 5) is 6.94. The molecule has 3 nitrogen and oxygen atoms in total.